The summed E-state index contributed by atoms with van der Waals surface area (Å²) in [5.41, 5.74) is 3.22. The minimum Gasteiger partial charge on any atom is -0.493 e. The van der Waals surface area contributed by atoms with Gasteiger partial charge in [-0.3, -0.25) is 9.59 Å². The third kappa shape index (κ3) is 3.70. The van der Waals surface area contributed by atoms with Gasteiger partial charge in [-0.2, -0.15) is 0 Å². The van der Waals surface area contributed by atoms with E-state index >= 15 is 0 Å². The molecule has 0 aliphatic rings. The summed E-state index contributed by atoms with van der Waals surface area (Å²) >= 11 is 0. The average Bonchev–Trinajstić information content (AvgIpc) is 3.18. The Morgan fingerprint density at radius 3 is 2.62 bits per heavy atom. The predicted octanol–water partition coefficient (Wildman–Crippen LogP) is 2.40. The first kappa shape index (κ1) is 18.4. The molecule has 4 aromatic rings. The van der Waals surface area contributed by atoms with E-state index in [2.05, 4.69) is 25.4 Å². The number of rotatable bonds is 6. The fourth-order valence-electron chi connectivity index (χ4n) is 3.05. The third-order valence-corrected chi connectivity index (χ3v) is 4.38. The highest BCUT2D eigenvalue weighted by Crippen LogP contribution is 2.33. The lowest BCUT2D eigenvalue weighted by atomic mass is 10.0. The summed E-state index contributed by atoms with van der Waals surface area (Å²) in [6, 6.07) is 12.9. The second-order valence-corrected chi connectivity index (χ2v) is 6.33. The van der Waals surface area contributed by atoms with Gasteiger partial charge in [-0.25, -0.2) is 10.1 Å². The zero-order valence-electron chi connectivity index (χ0n) is 15.5. The van der Waals surface area contributed by atoms with E-state index in [0.29, 0.717) is 29.4 Å². The third-order valence-electron chi connectivity index (χ3n) is 4.38. The van der Waals surface area contributed by atoms with Crippen LogP contribution in [0, 0.1) is 0 Å². The first-order valence-electron chi connectivity index (χ1n) is 8.94. The van der Waals surface area contributed by atoms with Crippen LogP contribution in [-0.4, -0.2) is 43.1 Å². The number of ether oxygens (including phenoxy) is 1. The van der Waals surface area contributed by atoms with E-state index in [4.69, 9.17) is 9.84 Å². The van der Waals surface area contributed by atoms with Crippen LogP contribution in [0.5, 0.6) is 5.75 Å². The van der Waals surface area contributed by atoms with Gasteiger partial charge >= 0.3 is 5.97 Å². The van der Waals surface area contributed by atoms with Gasteiger partial charge in [-0.15, -0.1) is 5.10 Å². The van der Waals surface area contributed by atoms with Crippen LogP contribution in [0.3, 0.4) is 0 Å². The maximum Gasteiger partial charge on any atom is 0.307 e. The maximum absolute atomic E-state index is 12.2. The summed E-state index contributed by atoms with van der Waals surface area (Å²) < 4.78 is 5.78. The number of carboxylic acid groups (broad SMARTS) is 1. The van der Waals surface area contributed by atoms with Crippen LogP contribution in [-0.2, 0) is 11.2 Å². The summed E-state index contributed by atoms with van der Waals surface area (Å²) in [5.74, 6) is 0.0432. The van der Waals surface area contributed by atoms with Crippen molar-refractivity contribution in [3.8, 4) is 28.3 Å². The van der Waals surface area contributed by atoms with E-state index in [1.807, 2.05) is 37.3 Å². The first-order valence-corrected chi connectivity index (χ1v) is 8.94. The van der Waals surface area contributed by atoms with Crippen molar-refractivity contribution < 1.29 is 14.6 Å². The molecule has 0 radical (unpaired) electrons. The SMILES string of the molecule is CCOc1cc(-c2ccc(CC(=O)O)cc2)ccc1-c1nc2[nH]nnc2c(=O)[nH]1. The molecule has 0 saturated heterocycles. The smallest absolute Gasteiger partial charge is 0.307 e. The van der Waals surface area contributed by atoms with Gasteiger partial charge in [0.25, 0.3) is 5.56 Å². The molecule has 0 aliphatic carbocycles. The van der Waals surface area contributed by atoms with Crippen molar-refractivity contribution >= 4 is 17.1 Å². The number of hydrogen-bond acceptors (Lipinski definition) is 6. The molecule has 0 bridgehead atoms. The number of benzene rings is 2. The lowest BCUT2D eigenvalue weighted by Gasteiger charge is -2.12. The lowest BCUT2D eigenvalue weighted by Crippen LogP contribution is -2.10. The van der Waals surface area contributed by atoms with Crippen molar-refractivity contribution in [1.82, 2.24) is 25.4 Å². The highest BCUT2D eigenvalue weighted by atomic mass is 16.5. The van der Waals surface area contributed by atoms with Crippen molar-refractivity contribution in [3.05, 3.63) is 58.4 Å². The molecule has 29 heavy (non-hydrogen) atoms. The zero-order chi connectivity index (χ0) is 20.4. The normalized spacial score (nSPS) is 10.9. The summed E-state index contributed by atoms with van der Waals surface area (Å²) in [6.45, 7) is 2.31. The highest BCUT2D eigenvalue weighted by Gasteiger charge is 2.14. The van der Waals surface area contributed by atoms with E-state index in [1.54, 1.807) is 12.1 Å². The number of fused-ring (bicyclic) bond motifs is 1. The molecule has 0 unspecified atom stereocenters. The van der Waals surface area contributed by atoms with Crippen LogP contribution in [0.1, 0.15) is 12.5 Å². The molecule has 0 saturated carbocycles. The molecule has 0 fully saturated rings. The standard InChI is InChI=1S/C20H17N5O4/c1-2-29-15-10-13(12-5-3-11(4-6-12)9-16(26)27)7-8-14(15)18-21-19-17(20(28)22-18)23-25-24-19/h3-8,10H,2,9H2,1H3,(H,26,27)(H2,21,22,23,24,25,28). The molecular formula is C20H17N5O4. The van der Waals surface area contributed by atoms with Crippen LogP contribution < -0.4 is 10.3 Å². The van der Waals surface area contributed by atoms with Crippen molar-refractivity contribution in [2.75, 3.05) is 6.61 Å². The number of carboxylic acids is 1. The van der Waals surface area contributed by atoms with Gasteiger partial charge < -0.3 is 14.8 Å². The number of nitrogens with zero attached hydrogens (tertiary/aromatic N) is 3. The Morgan fingerprint density at radius 2 is 1.90 bits per heavy atom. The van der Waals surface area contributed by atoms with Crippen LogP contribution in [0.2, 0.25) is 0 Å². The van der Waals surface area contributed by atoms with Crippen LogP contribution in [0.4, 0.5) is 0 Å². The summed E-state index contributed by atoms with van der Waals surface area (Å²) in [7, 11) is 0. The number of H-pyrrole nitrogens is 2. The van der Waals surface area contributed by atoms with Gasteiger partial charge in [-0.05, 0) is 35.7 Å². The average molecular weight is 391 g/mol. The second-order valence-electron chi connectivity index (χ2n) is 6.33. The quantitative estimate of drug-likeness (QED) is 0.459. The Hall–Kier alpha value is -4.01. The van der Waals surface area contributed by atoms with Gasteiger partial charge in [0.2, 0.25) is 0 Å². The van der Waals surface area contributed by atoms with E-state index in [-0.39, 0.29) is 17.5 Å². The summed E-state index contributed by atoms with van der Waals surface area (Å²) in [5, 5.41) is 18.8. The zero-order valence-corrected chi connectivity index (χ0v) is 15.5. The summed E-state index contributed by atoms with van der Waals surface area (Å²) in [6.07, 6.45) is -0.0205. The molecule has 9 nitrogen and oxygen atoms in total. The topological polar surface area (TPSA) is 134 Å². The fourth-order valence-corrected chi connectivity index (χ4v) is 3.05. The van der Waals surface area contributed by atoms with E-state index in [0.717, 1.165) is 16.7 Å². The Bertz CT molecular complexity index is 1240. The van der Waals surface area contributed by atoms with Gasteiger partial charge in [0.15, 0.2) is 11.2 Å². The van der Waals surface area contributed by atoms with E-state index in [1.165, 1.54) is 0 Å². The molecule has 2 aromatic heterocycles. The van der Waals surface area contributed by atoms with Crippen molar-refractivity contribution in [2.24, 2.45) is 0 Å². The molecule has 0 aliphatic heterocycles. The predicted molar refractivity (Wildman–Crippen MR) is 106 cm³/mol. The first-order chi connectivity index (χ1) is 14.0. The Balaban J connectivity index is 1.74. The van der Waals surface area contributed by atoms with Gasteiger partial charge in [0.05, 0.1) is 18.6 Å². The fraction of sp³-hybridized carbons (Fsp3) is 0.150. The second kappa shape index (κ2) is 7.55. The van der Waals surface area contributed by atoms with Crippen molar-refractivity contribution in [2.45, 2.75) is 13.3 Å². The Morgan fingerprint density at radius 1 is 1.14 bits per heavy atom. The number of carbonyl (C=O) groups is 1. The largest absolute Gasteiger partial charge is 0.493 e. The monoisotopic (exact) mass is 391 g/mol. The summed E-state index contributed by atoms with van der Waals surface area (Å²) in [4.78, 5) is 30.1. The number of aromatic amines is 2. The molecule has 146 valence electrons. The lowest BCUT2D eigenvalue weighted by molar-refractivity contribution is -0.136. The minimum absolute atomic E-state index is 0.0205. The van der Waals surface area contributed by atoms with Crippen LogP contribution in [0.15, 0.2) is 47.3 Å². The molecule has 0 atom stereocenters. The Labute approximate surface area is 164 Å². The van der Waals surface area contributed by atoms with Gasteiger partial charge in [0.1, 0.15) is 11.6 Å². The molecule has 0 spiro atoms. The van der Waals surface area contributed by atoms with E-state index in [9.17, 15) is 9.59 Å². The number of nitrogens with one attached hydrogen (secondary N) is 2. The van der Waals surface area contributed by atoms with Gasteiger partial charge in [0, 0.05) is 0 Å². The van der Waals surface area contributed by atoms with Crippen molar-refractivity contribution in [1.29, 1.82) is 0 Å². The Kier molecular flexibility index (Phi) is 4.78. The van der Waals surface area contributed by atoms with Crippen LogP contribution >= 0.6 is 0 Å². The molecule has 3 N–H and O–H groups in total. The number of aliphatic carboxylic acids is 1. The molecular weight excluding hydrogens is 374 g/mol. The minimum atomic E-state index is -0.869. The number of aromatic nitrogens is 5. The molecule has 2 heterocycles. The number of hydrogen-bond donors (Lipinski definition) is 3. The molecule has 9 heteroatoms. The van der Waals surface area contributed by atoms with Crippen molar-refractivity contribution in [3.63, 3.8) is 0 Å². The molecule has 4 rings (SSSR count). The van der Waals surface area contributed by atoms with E-state index < -0.39 is 5.97 Å². The molecule has 0 amide bonds. The molecule has 2 aromatic carbocycles. The van der Waals surface area contributed by atoms with Gasteiger partial charge in [-0.1, -0.05) is 35.5 Å². The van der Waals surface area contributed by atoms with Crippen LogP contribution in [0.25, 0.3) is 33.7 Å². The highest BCUT2D eigenvalue weighted by molar-refractivity contribution is 5.77. The maximum atomic E-state index is 12.2.